The van der Waals surface area contributed by atoms with Crippen LogP contribution in [0.4, 0.5) is 0 Å². The number of nitrogens with one attached hydrogen (secondary N) is 1. The lowest BCUT2D eigenvalue weighted by Crippen LogP contribution is -2.26. The van der Waals surface area contributed by atoms with E-state index in [1.807, 2.05) is 84.9 Å². The van der Waals surface area contributed by atoms with E-state index in [4.69, 9.17) is 23.2 Å². The highest BCUT2D eigenvalue weighted by atomic mass is 35.5. The average molecular weight is 442 g/mol. The third-order valence-corrected chi connectivity index (χ3v) is 5.87. The smallest absolute Gasteiger partial charge is 0.251 e. The Balaban J connectivity index is 1.61. The number of rotatable bonds is 8. The van der Waals surface area contributed by atoms with Crippen molar-refractivity contribution in [3.8, 4) is 0 Å². The first-order valence-electron chi connectivity index (χ1n) is 9.25. The molecule has 0 unspecified atom stereocenters. The lowest BCUT2D eigenvalue weighted by atomic mass is 10.0. The van der Waals surface area contributed by atoms with Gasteiger partial charge in [0.1, 0.15) is 0 Å². The van der Waals surface area contributed by atoms with Gasteiger partial charge in [-0.1, -0.05) is 83.9 Å². The van der Waals surface area contributed by atoms with Crippen molar-refractivity contribution in [3.05, 3.63) is 106 Å². The van der Waals surface area contributed by atoms with Gasteiger partial charge in [-0.25, -0.2) is 0 Å². The van der Waals surface area contributed by atoms with E-state index in [1.165, 1.54) is 5.56 Å². The van der Waals surface area contributed by atoms with Crippen molar-refractivity contribution in [1.29, 1.82) is 0 Å². The highest BCUT2D eigenvalue weighted by molar-refractivity contribution is 7.98. The first kappa shape index (κ1) is 21.5. The molecule has 3 rings (SSSR count). The summed E-state index contributed by atoms with van der Waals surface area (Å²) in [6.45, 7) is 0.587. The molecule has 0 aliphatic carbocycles. The van der Waals surface area contributed by atoms with E-state index in [-0.39, 0.29) is 5.91 Å². The first-order valence-corrected chi connectivity index (χ1v) is 11.2. The summed E-state index contributed by atoms with van der Waals surface area (Å²) in [7, 11) is 0. The third kappa shape index (κ3) is 6.67. The van der Waals surface area contributed by atoms with Gasteiger partial charge in [-0.2, -0.15) is 11.8 Å². The fourth-order valence-electron chi connectivity index (χ4n) is 2.75. The van der Waals surface area contributed by atoms with E-state index in [1.54, 1.807) is 11.8 Å². The Labute approximate surface area is 185 Å². The van der Waals surface area contributed by atoms with Crippen LogP contribution < -0.4 is 5.32 Å². The molecule has 148 valence electrons. The van der Waals surface area contributed by atoms with E-state index < -0.39 is 0 Å². The van der Waals surface area contributed by atoms with Crippen LogP contribution in [-0.4, -0.2) is 18.2 Å². The van der Waals surface area contributed by atoms with Gasteiger partial charge in [-0.05, 0) is 41.0 Å². The number of halogens is 2. The minimum Gasteiger partial charge on any atom is -0.351 e. The van der Waals surface area contributed by atoms with Gasteiger partial charge in [0.05, 0.1) is 0 Å². The van der Waals surface area contributed by atoms with Gasteiger partial charge >= 0.3 is 0 Å². The molecule has 29 heavy (non-hydrogen) atoms. The van der Waals surface area contributed by atoms with Crippen LogP contribution in [-0.2, 0) is 10.5 Å². The Morgan fingerprint density at radius 2 is 1.59 bits per heavy atom. The number of carbonyl (C=O) groups is 1. The van der Waals surface area contributed by atoms with Crippen LogP contribution in [0.15, 0.2) is 78.9 Å². The normalized spacial score (nSPS) is 11.3. The summed E-state index contributed by atoms with van der Waals surface area (Å²) in [6.07, 6.45) is 1.84. The number of hydrogen-bond acceptors (Lipinski definition) is 2. The SMILES string of the molecule is O=C(NCCSCc1ccc(Cl)cc1)/C(=C/c1ccccc1Cl)c1ccccc1. The van der Waals surface area contributed by atoms with Gasteiger partial charge in [0.15, 0.2) is 0 Å². The van der Waals surface area contributed by atoms with Gasteiger partial charge < -0.3 is 5.32 Å². The zero-order chi connectivity index (χ0) is 20.5. The monoisotopic (exact) mass is 441 g/mol. The van der Waals surface area contributed by atoms with Gasteiger partial charge in [-0.15, -0.1) is 0 Å². The molecule has 5 heteroatoms. The van der Waals surface area contributed by atoms with Gasteiger partial charge in [0, 0.05) is 33.7 Å². The summed E-state index contributed by atoms with van der Waals surface area (Å²) in [4.78, 5) is 12.9. The van der Waals surface area contributed by atoms with Crippen molar-refractivity contribution in [3.63, 3.8) is 0 Å². The Hall–Kier alpha value is -2.20. The predicted molar refractivity (Wildman–Crippen MR) is 126 cm³/mol. The fourth-order valence-corrected chi connectivity index (χ4v) is 3.88. The number of carbonyl (C=O) groups excluding carboxylic acids is 1. The number of amides is 1. The van der Waals surface area contributed by atoms with Crippen molar-refractivity contribution in [2.75, 3.05) is 12.3 Å². The second-order valence-electron chi connectivity index (χ2n) is 6.38. The van der Waals surface area contributed by atoms with Crippen molar-refractivity contribution >= 4 is 52.5 Å². The molecule has 1 amide bonds. The standard InChI is InChI=1S/C24H21Cl2NOS/c25-21-12-10-18(11-13-21)17-29-15-14-27-24(28)22(19-6-2-1-3-7-19)16-20-8-4-5-9-23(20)26/h1-13,16H,14-15,17H2,(H,27,28)/b22-16+. The van der Waals surface area contributed by atoms with Crippen LogP contribution in [0.1, 0.15) is 16.7 Å². The van der Waals surface area contributed by atoms with E-state index in [0.717, 1.165) is 27.7 Å². The summed E-state index contributed by atoms with van der Waals surface area (Å²) in [6, 6.07) is 25.0. The molecule has 3 aromatic rings. The van der Waals surface area contributed by atoms with Crippen molar-refractivity contribution in [1.82, 2.24) is 5.32 Å². The summed E-state index contributed by atoms with van der Waals surface area (Å²) in [5, 5.41) is 4.38. The lowest BCUT2D eigenvalue weighted by molar-refractivity contribution is -0.115. The van der Waals surface area contributed by atoms with Crippen molar-refractivity contribution in [2.24, 2.45) is 0 Å². The van der Waals surface area contributed by atoms with Crippen molar-refractivity contribution in [2.45, 2.75) is 5.75 Å². The zero-order valence-electron chi connectivity index (χ0n) is 15.8. The quantitative estimate of drug-likeness (QED) is 0.242. The minimum absolute atomic E-state index is 0.108. The topological polar surface area (TPSA) is 29.1 Å². The highest BCUT2D eigenvalue weighted by Gasteiger charge is 2.12. The molecule has 0 bridgehead atoms. The molecule has 0 atom stereocenters. The zero-order valence-corrected chi connectivity index (χ0v) is 18.1. The molecule has 1 N–H and O–H groups in total. The molecule has 0 aliphatic heterocycles. The maximum absolute atomic E-state index is 12.9. The lowest BCUT2D eigenvalue weighted by Gasteiger charge is -2.10. The maximum Gasteiger partial charge on any atom is 0.251 e. The molecule has 0 fully saturated rings. The summed E-state index contributed by atoms with van der Waals surface area (Å²) >= 11 is 14.0. The predicted octanol–water partition coefficient (Wildman–Crippen LogP) is 6.58. The molecule has 2 nitrogen and oxygen atoms in total. The molecule has 0 spiro atoms. The second-order valence-corrected chi connectivity index (χ2v) is 8.33. The van der Waals surface area contributed by atoms with Crippen LogP contribution in [0.5, 0.6) is 0 Å². The Bertz CT molecular complexity index is 972. The summed E-state index contributed by atoms with van der Waals surface area (Å²) in [5.41, 5.74) is 3.50. The summed E-state index contributed by atoms with van der Waals surface area (Å²) < 4.78 is 0. The number of benzene rings is 3. The summed E-state index contributed by atoms with van der Waals surface area (Å²) in [5.74, 6) is 1.60. The number of hydrogen-bond donors (Lipinski definition) is 1. The minimum atomic E-state index is -0.108. The third-order valence-electron chi connectivity index (χ3n) is 4.25. The maximum atomic E-state index is 12.9. The van der Waals surface area contributed by atoms with Crippen LogP contribution >= 0.6 is 35.0 Å². The van der Waals surface area contributed by atoms with Gasteiger partial charge in [0.2, 0.25) is 0 Å². The van der Waals surface area contributed by atoms with Crippen LogP contribution in [0, 0.1) is 0 Å². The second kappa shape index (κ2) is 11.1. The van der Waals surface area contributed by atoms with E-state index >= 15 is 0 Å². The van der Waals surface area contributed by atoms with E-state index in [0.29, 0.717) is 17.1 Å². The Morgan fingerprint density at radius 3 is 2.31 bits per heavy atom. The Kier molecular flexibility index (Phi) is 8.24. The molecular weight excluding hydrogens is 421 g/mol. The van der Waals surface area contributed by atoms with Crippen LogP contribution in [0.3, 0.4) is 0 Å². The van der Waals surface area contributed by atoms with Crippen LogP contribution in [0.2, 0.25) is 10.0 Å². The van der Waals surface area contributed by atoms with Gasteiger partial charge in [0.25, 0.3) is 5.91 Å². The molecule has 0 heterocycles. The first-order chi connectivity index (χ1) is 14.1. The largest absolute Gasteiger partial charge is 0.351 e. The average Bonchev–Trinajstić information content (AvgIpc) is 2.74. The Morgan fingerprint density at radius 1 is 0.897 bits per heavy atom. The molecule has 0 saturated carbocycles. The molecule has 3 aromatic carbocycles. The van der Waals surface area contributed by atoms with Gasteiger partial charge in [-0.3, -0.25) is 4.79 Å². The van der Waals surface area contributed by atoms with Crippen LogP contribution in [0.25, 0.3) is 11.6 Å². The molecular formula is C24H21Cl2NOS. The molecule has 0 aliphatic rings. The molecule has 0 radical (unpaired) electrons. The van der Waals surface area contributed by atoms with E-state index in [9.17, 15) is 4.79 Å². The highest BCUT2D eigenvalue weighted by Crippen LogP contribution is 2.23. The van der Waals surface area contributed by atoms with Crippen molar-refractivity contribution < 1.29 is 4.79 Å². The molecule has 0 aromatic heterocycles. The fraction of sp³-hybridized carbons (Fsp3) is 0.125. The number of thioether (sulfide) groups is 1. The molecule has 0 saturated heterocycles. The van der Waals surface area contributed by atoms with E-state index in [2.05, 4.69) is 5.32 Å².